The van der Waals surface area contributed by atoms with Gasteiger partial charge in [0.25, 0.3) is 5.56 Å². The molecule has 2 aromatic rings. The Labute approximate surface area is 122 Å². The predicted molar refractivity (Wildman–Crippen MR) is 82.9 cm³/mol. The minimum Gasteiger partial charge on any atom is -0.325 e. The van der Waals surface area contributed by atoms with Gasteiger partial charge in [-0.3, -0.25) is 19.8 Å². The fourth-order valence-corrected chi connectivity index (χ4v) is 1.83. The van der Waals surface area contributed by atoms with E-state index in [9.17, 15) is 9.59 Å². The lowest BCUT2D eigenvalue weighted by Crippen LogP contribution is -2.45. The van der Waals surface area contributed by atoms with Crippen LogP contribution in [-0.4, -0.2) is 22.1 Å². The van der Waals surface area contributed by atoms with E-state index >= 15 is 0 Å². The molecule has 0 fully saturated rings. The Balaban J connectivity index is 2.10. The maximum Gasteiger partial charge on any atom is 0.264 e. The summed E-state index contributed by atoms with van der Waals surface area (Å²) in [7, 11) is 0. The summed E-state index contributed by atoms with van der Waals surface area (Å²) in [6.45, 7) is 5.76. The maximum atomic E-state index is 12.0. The number of carbonyl (C=O) groups is 1. The second kappa shape index (κ2) is 5.57. The van der Waals surface area contributed by atoms with Crippen LogP contribution in [-0.2, 0) is 4.79 Å². The summed E-state index contributed by atoms with van der Waals surface area (Å²) in [6, 6.07) is 8.07. The number of aromatic amines is 2. The molecule has 1 atom stereocenters. The summed E-state index contributed by atoms with van der Waals surface area (Å²) in [5, 5.41) is 8.04. The summed E-state index contributed by atoms with van der Waals surface area (Å²) in [5.74, 6) is -0.217. The SMILES string of the molecule is CC(C)(C)[C@@H](N)C(=O)Nc1ccc(-c2cc(=O)[nH][nH]2)cc1. The van der Waals surface area contributed by atoms with Crippen molar-refractivity contribution >= 4 is 11.6 Å². The average Bonchev–Trinajstić information content (AvgIpc) is 2.84. The van der Waals surface area contributed by atoms with Gasteiger partial charge in [0, 0.05) is 11.8 Å². The zero-order chi connectivity index (χ0) is 15.6. The first-order valence-electron chi connectivity index (χ1n) is 6.72. The third-order valence-corrected chi connectivity index (χ3v) is 3.27. The van der Waals surface area contributed by atoms with Gasteiger partial charge in [0.05, 0.1) is 11.7 Å². The summed E-state index contributed by atoms with van der Waals surface area (Å²) in [5.41, 5.74) is 7.65. The highest BCUT2D eigenvalue weighted by molar-refractivity contribution is 5.95. The van der Waals surface area contributed by atoms with Crippen LogP contribution >= 0.6 is 0 Å². The van der Waals surface area contributed by atoms with Crippen molar-refractivity contribution in [1.82, 2.24) is 10.2 Å². The lowest BCUT2D eigenvalue weighted by atomic mass is 9.87. The third-order valence-electron chi connectivity index (χ3n) is 3.27. The van der Waals surface area contributed by atoms with E-state index in [0.29, 0.717) is 11.4 Å². The van der Waals surface area contributed by atoms with Gasteiger partial charge < -0.3 is 11.1 Å². The summed E-state index contributed by atoms with van der Waals surface area (Å²) in [4.78, 5) is 23.1. The molecule has 112 valence electrons. The highest BCUT2D eigenvalue weighted by Crippen LogP contribution is 2.21. The van der Waals surface area contributed by atoms with Crippen LogP contribution in [0.1, 0.15) is 20.8 Å². The predicted octanol–water partition coefficient (Wildman–Crippen LogP) is 1.68. The van der Waals surface area contributed by atoms with Crippen LogP contribution in [0.4, 0.5) is 5.69 Å². The van der Waals surface area contributed by atoms with E-state index in [1.807, 2.05) is 32.9 Å². The van der Waals surface area contributed by atoms with Gasteiger partial charge in [-0.1, -0.05) is 32.9 Å². The van der Waals surface area contributed by atoms with Gasteiger partial charge in [-0.15, -0.1) is 0 Å². The molecular formula is C15H20N4O2. The molecule has 5 N–H and O–H groups in total. The molecule has 1 amide bonds. The van der Waals surface area contributed by atoms with Crippen LogP contribution in [0.3, 0.4) is 0 Å². The number of carbonyl (C=O) groups excluding carboxylic acids is 1. The number of hydrogen-bond donors (Lipinski definition) is 4. The van der Waals surface area contributed by atoms with Crippen molar-refractivity contribution in [3.05, 3.63) is 40.7 Å². The molecule has 0 aliphatic rings. The molecule has 0 saturated heterocycles. The zero-order valence-electron chi connectivity index (χ0n) is 12.4. The summed E-state index contributed by atoms with van der Waals surface area (Å²) in [6.07, 6.45) is 0. The molecule has 0 unspecified atom stereocenters. The molecule has 21 heavy (non-hydrogen) atoms. The molecular weight excluding hydrogens is 268 g/mol. The number of amides is 1. The third kappa shape index (κ3) is 3.61. The van der Waals surface area contributed by atoms with E-state index in [0.717, 1.165) is 5.56 Å². The minimum absolute atomic E-state index is 0.182. The van der Waals surface area contributed by atoms with Gasteiger partial charge in [-0.2, -0.15) is 0 Å². The molecule has 1 aromatic carbocycles. The minimum atomic E-state index is -0.585. The Morgan fingerprint density at radius 2 is 1.81 bits per heavy atom. The Morgan fingerprint density at radius 3 is 2.29 bits per heavy atom. The van der Waals surface area contributed by atoms with Crippen LogP contribution in [0.5, 0.6) is 0 Å². The lowest BCUT2D eigenvalue weighted by molar-refractivity contribution is -0.119. The fraction of sp³-hybridized carbons (Fsp3) is 0.333. The quantitative estimate of drug-likeness (QED) is 0.690. The van der Waals surface area contributed by atoms with Crippen LogP contribution in [0.2, 0.25) is 0 Å². The molecule has 0 radical (unpaired) electrons. The first-order chi connectivity index (χ1) is 9.77. The topological polar surface area (TPSA) is 104 Å². The second-order valence-electron chi connectivity index (χ2n) is 6.08. The Bertz CT molecular complexity index is 677. The van der Waals surface area contributed by atoms with Gasteiger partial charge in [0.2, 0.25) is 5.91 Å². The highest BCUT2D eigenvalue weighted by atomic mass is 16.2. The van der Waals surface area contributed by atoms with Crippen molar-refractivity contribution in [2.75, 3.05) is 5.32 Å². The zero-order valence-corrected chi connectivity index (χ0v) is 12.4. The number of H-pyrrole nitrogens is 2. The molecule has 6 nitrogen and oxygen atoms in total. The van der Waals surface area contributed by atoms with E-state index in [1.165, 1.54) is 6.07 Å². The number of anilines is 1. The highest BCUT2D eigenvalue weighted by Gasteiger charge is 2.27. The number of nitrogens with two attached hydrogens (primary N) is 1. The first-order valence-corrected chi connectivity index (χ1v) is 6.72. The van der Waals surface area contributed by atoms with Gasteiger partial charge in [0.1, 0.15) is 0 Å². The summed E-state index contributed by atoms with van der Waals surface area (Å²) >= 11 is 0. The molecule has 0 bridgehead atoms. The van der Waals surface area contributed by atoms with Crippen molar-refractivity contribution < 1.29 is 4.79 Å². The number of hydrogen-bond acceptors (Lipinski definition) is 3. The fourth-order valence-electron chi connectivity index (χ4n) is 1.83. The van der Waals surface area contributed by atoms with Crippen molar-refractivity contribution in [3.63, 3.8) is 0 Å². The van der Waals surface area contributed by atoms with Gasteiger partial charge in [-0.05, 0) is 23.1 Å². The monoisotopic (exact) mass is 288 g/mol. The largest absolute Gasteiger partial charge is 0.325 e. The van der Waals surface area contributed by atoms with Gasteiger partial charge >= 0.3 is 0 Å². The first kappa shape index (κ1) is 15.1. The molecule has 1 heterocycles. The van der Waals surface area contributed by atoms with Crippen LogP contribution in [0.25, 0.3) is 11.3 Å². The Morgan fingerprint density at radius 1 is 1.19 bits per heavy atom. The number of benzene rings is 1. The van der Waals surface area contributed by atoms with Crippen molar-refractivity contribution in [3.8, 4) is 11.3 Å². The molecule has 2 rings (SSSR count). The van der Waals surface area contributed by atoms with E-state index in [4.69, 9.17) is 5.73 Å². The summed E-state index contributed by atoms with van der Waals surface area (Å²) < 4.78 is 0. The number of rotatable bonds is 3. The smallest absolute Gasteiger partial charge is 0.264 e. The van der Waals surface area contributed by atoms with E-state index in [1.54, 1.807) is 12.1 Å². The number of aromatic nitrogens is 2. The van der Waals surface area contributed by atoms with Crippen LogP contribution < -0.4 is 16.6 Å². The van der Waals surface area contributed by atoms with Crippen LogP contribution in [0.15, 0.2) is 35.1 Å². The van der Waals surface area contributed by atoms with Crippen molar-refractivity contribution in [2.45, 2.75) is 26.8 Å². The van der Waals surface area contributed by atoms with E-state index < -0.39 is 6.04 Å². The standard InChI is InChI=1S/C15H20N4O2/c1-15(2,3)13(16)14(21)17-10-6-4-9(5-7-10)11-8-12(20)19-18-11/h4-8,13H,16H2,1-3H3,(H,17,21)(H2,18,19,20)/t13-/m0/s1. The Hall–Kier alpha value is -2.34. The molecule has 0 saturated carbocycles. The van der Waals surface area contributed by atoms with Crippen LogP contribution in [0, 0.1) is 5.41 Å². The Kier molecular flexibility index (Phi) is 3.99. The van der Waals surface area contributed by atoms with Crippen molar-refractivity contribution in [2.24, 2.45) is 11.1 Å². The van der Waals surface area contributed by atoms with Crippen molar-refractivity contribution in [1.29, 1.82) is 0 Å². The molecule has 0 aliphatic carbocycles. The average molecular weight is 288 g/mol. The molecule has 0 aliphatic heterocycles. The maximum absolute atomic E-state index is 12.0. The van der Waals surface area contributed by atoms with Gasteiger partial charge in [-0.25, -0.2) is 0 Å². The molecule has 0 spiro atoms. The van der Waals surface area contributed by atoms with E-state index in [2.05, 4.69) is 15.5 Å². The molecule has 1 aromatic heterocycles. The number of nitrogens with one attached hydrogen (secondary N) is 3. The lowest BCUT2D eigenvalue weighted by Gasteiger charge is -2.25. The molecule has 6 heteroatoms. The normalized spacial score (nSPS) is 13.0. The van der Waals surface area contributed by atoms with E-state index in [-0.39, 0.29) is 16.9 Å². The second-order valence-corrected chi connectivity index (χ2v) is 6.08. The van der Waals surface area contributed by atoms with Gasteiger partial charge in [0.15, 0.2) is 0 Å².